The molecule has 2 aliphatic rings. The van der Waals surface area contributed by atoms with Gasteiger partial charge in [-0.3, -0.25) is 9.36 Å². The van der Waals surface area contributed by atoms with Crippen LogP contribution in [0.5, 0.6) is 0 Å². The first kappa shape index (κ1) is 16.4. The van der Waals surface area contributed by atoms with Crippen LogP contribution in [0.25, 0.3) is 11.0 Å². The maximum atomic E-state index is 12.3. The van der Waals surface area contributed by atoms with Crippen molar-refractivity contribution in [2.75, 3.05) is 6.61 Å². The van der Waals surface area contributed by atoms with Crippen LogP contribution in [0.1, 0.15) is 61.3 Å². The number of fused-ring (bicyclic) bond motifs is 1. The molecule has 1 aromatic heterocycles. The van der Waals surface area contributed by atoms with Gasteiger partial charge in [-0.1, -0.05) is 12.8 Å². The first-order valence-electron chi connectivity index (χ1n) is 9.04. The number of hydrogen-bond donors (Lipinski definition) is 2. The Kier molecular flexibility index (Phi) is 4.59. The van der Waals surface area contributed by atoms with E-state index in [1.54, 1.807) is 12.1 Å². The molecule has 0 radical (unpaired) electrons. The molecule has 7 heteroatoms. The van der Waals surface area contributed by atoms with Crippen molar-refractivity contribution in [1.29, 1.82) is 0 Å². The summed E-state index contributed by atoms with van der Waals surface area (Å²) < 4.78 is 7.25. The number of hydrogen-bond acceptors (Lipinski definition) is 4. The van der Waals surface area contributed by atoms with Gasteiger partial charge in [0.25, 0.3) is 5.91 Å². The molecule has 0 bridgehead atoms. The number of H-pyrrole nitrogens is 1. The molecular weight excluding hydrogens is 322 g/mol. The van der Waals surface area contributed by atoms with Crippen molar-refractivity contribution in [2.45, 2.75) is 57.3 Å². The van der Waals surface area contributed by atoms with Gasteiger partial charge in [-0.2, -0.15) is 0 Å². The molecule has 1 amide bonds. The summed E-state index contributed by atoms with van der Waals surface area (Å²) in [6.45, 7) is 0.655. The zero-order valence-corrected chi connectivity index (χ0v) is 14.1. The Balaban J connectivity index is 1.50. The molecule has 134 valence electrons. The second-order valence-electron chi connectivity index (χ2n) is 6.82. The number of carbonyl (C=O) groups is 1. The number of aromatic amines is 1. The molecule has 0 unspecified atom stereocenters. The number of rotatable bonds is 4. The third-order valence-corrected chi connectivity index (χ3v) is 5.09. The van der Waals surface area contributed by atoms with Crippen LogP contribution in [0.2, 0.25) is 0 Å². The summed E-state index contributed by atoms with van der Waals surface area (Å²) in [5.41, 5.74) is 4.32. The molecule has 4 rings (SSSR count). The SMILES string of the molecule is O=C(NO[C@@H]1CCCCO1)c1ccc2c(c1)[nH]c(=O)n2C1CCCC1. The van der Waals surface area contributed by atoms with E-state index in [0.717, 1.165) is 50.5 Å². The number of nitrogens with one attached hydrogen (secondary N) is 2. The van der Waals surface area contributed by atoms with Crippen LogP contribution in [0.15, 0.2) is 23.0 Å². The average molecular weight is 345 g/mol. The van der Waals surface area contributed by atoms with Gasteiger partial charge < -0.3 is 9.72 Å². The van der Waals surface area contributed by atoms with Gasteiger partial charge in [0, 0.05) is 24.6 Å². The molecule has 2 N–H and O–H groups in total. The van der Waals surface area contributed by atoms with Crippen molar-refractivity contribution in [2.24, 2.45) is 0 Å². The summed E-state index contributed by atoms with van der Waals surface area (Å²) >= 11 is 0. The van der Waals surface area contributed by atoms with E-state index < -0.39 is 0 Å². The van der Waals surface area contributed by atoms with E-state index in [1.807, 2.05) is 10.6 Å². The highest BCUT2D eigenvalue weighted by molar-refractivity contribution is 5.96. The van der Waals surface area contributed by atoms with E-state index in [9.17, 15) is 9.59 Å². The molecule has 2 fully saturated rings. The molecule has 25 heavy (non-hydrogen) atoms. The Bertz CT molecular complexity index is 813. The standard InChI is InChI=1S/C18H23N3O4/c22-17(20-25-16-7-3-4-10-24-16)12-8-9-15-14(11-12)19-18(23)21(15)13-5-1-2-6-13/h8-9,11,13,16H,1-7,10H2,(H,19,23)(H,20,22)/t16-/m1/s1. The lowest BCUT2D eigenvalue weighted by Crippen LogP contribution is -2.33. The number of aromatic nitrogens is 2. The van der Waals surface area contributed by atoms with E-state index in [1.165, 1.54) is 0 Å². The monoisotopic (exact) mass is 345 g/mol. The lowest BCUT2D eigenvalue weighted by Gasteiger charge is -2.22. The minimum Gasteiger partial charge on any atom is -0.350 e. The summed E-state index contributed by atoms with van der Waals surface area (Å²) in [6, 6.07) is 5.51. The van der Waals surface area contributed by atoms with Gasteiger partial charge in [0.2, 0.25) is 0 Å². The molecule has 1 aliphatic heterocycles. The van der Waals surface area contributed by atoms with Gasteiger partial charge in [0.1, 0.15) is 0 Å². The summed E-state index contributed by atoms with van der Waals surface area (Å²) in [6.07, 6.45) is 6.82. The zero-order valence-electron chi connectivity index (χ0n) is 14.1. The van der Waals surface area contributed by atoms with E-state index in [-0.39, 0.29) is 23.9 Å². The van der Waals surface area contributed by atoms with Crippen molar-refractivity contribution in [3.63, 3.8) is 0 Å². The smallest absolute Gasteiger partial charge is 0.326 e. The van der Waals surface area contributed by atoms with Crippen molar-refractivity contribution < 1.29 is 14.4 Å². The van der Waals surface area contributed by atoms with Gasteiger partial charge in [-0.25, -0.2) is 15.1 Å². The van der Waals surface area contributed by atoms with Crippen LogP contribution in [0.3, 0.4) is 0 Å². The molecule has 1 saturated carbocycles. The number of hydroxylamine groups is 1. The highest BCUT2D eigenvalue weighted by Crippen LogP contribution is 2.30. The second-order valence-corrected chi connectivity index (χ2v) is 6.82. The largest absolute Gasteiger partial charge is 0.350 e. The number of amides is 1. The van der Waals surface area contributed by atoms with Gasteiger partial charge in [-0.05, 0) is 43.9 Å². The van der Waals surface area contributed by atoms with Gasteiger partial charge >= 0.3 is 5.69 Å². The Morgan fingerprint density at radius 3 is 2.76 bits per heavy atom. The van der Waals surface area contributed by atoms with Gasteiger partial charge in [0.05, 0.1) is 11.0 Å². The second kappa shape index (κ2) is 7.01. The quantitative estimate of drug-likeness (QED) is 0.834. The first-order chi connectivity index (χ1) is 12.2. The Labute approximate surface area is 145 Å². The first-order valence-corrected chi connectivity index (χ1v) is 9.04. The minimum atomic E-state index is -0.385. The molecule has 1 aromatic carbocycles. The van der Waals surface area contributed by atoms with Gasteiger partial charge in [0.15, 0.2) is 6.29 Å². The molecule has 2 aromatic rings. The lowest BCUT2D eigenvalue weighted by molar-refractivity contribution is -0.186. The normalized spacial score (nSPS) is 21.7. The number of nitrogens with zero attached hydrogens (tertiary/aromatic N) is 1. The third-order valence-electron chi connectivity index (χ3n) is 5.09. The number of carbonyl (C=O) groups excluding carboxylic acids is 1. The summed E-state index contributed by atoms with van der Waals surface area (Å²) in [5, 5.41) is 0. The van der Waals surface area contributed by atoms with Crippen LogP contribution < -0.4 is 11.2 Å². The van der Waals surface area contributed by atoms with E-state index in [2.05, 4.69) is 10.5 Å². The summed E-state index contributed by atoms with van der Waals surface area (Å²) in [5.74, 6) is -0.342. The fourth-order valence-corrected chi connectivity index (χ4v) is 3.78. The van der Waals surface area contributed by atoms with Crippen molar-refractivity contribution in [1.82, 2.24) is 15.0 Å². The molecule has 7 nitrogen and oxygen atoms in total. The number of ether oxygens (including phenoxy) is 1. The molecule has 0 spiro atoms. The topological polar surface area (TPSA) is 85.3 Å². The maximum Gasteiger partial charge on any atom is 0.326 e. The van der Waals surface area contributed by atoms with Crippen LogP contribution in [-0.2, 0) is 9.57 Å². The predicted molar refractivity (Wildman–Crippen MR) is 92.2 cm³/mol. The van der Waals surface area contributed by atoms with Crippen LogP contribution >= 0.6 is 0 Å². The molecule has 1 aliphatic carbocycles. The maximum absolute atomic E-state index is 12.3. The van der Waals surface area contributed by atoms with E-state index >= 15 is 0 Å². The van der Waals surface area contributed by atoms with Crippen LogP contribution in [0, 0.1) is 0 Å². The third kappa shape index (κ3) is 3.34. The molecular formula is C18H23N3O4. The van der Waals surface area contributed by atoms with Crippen molar-refractivity contribution in [3.8, 4) is 0 Å². The highest BCUT2D eigenvalue weighted by Gasteiger charge is 2.22. The lowest BCUT2D eigenvalue weighted by atomic mass is 10.1. The molecule has 1 saturated heterocycles. The highest BCUT2D eigenvalue weighted by atomic mass is 16.8. The fourth-order valence-electron chi connectivity index (χ4n) is 3.78. The van der Waals surface area contributed by atoms with E-state index in [4.69, 9.17) is 9.57 Å². The van der Waals surface area contributed by atoms with Gasteiger partial charge in [-0.15, -0.1) is 0 Å². The minimum absolute atomic E-state index is 0.105. The average Bonchev–Trinajstić information content (AvgIpc) is 3.26. The number of benzene rings is 1. The zero-order chi connectivity index (χ0) is 17.2. The van der Waals surface area contributed by atoms with Crippen molar-refractivity contribution >= 4 is 16.9 Å². The van der Waals surface area contributed by atoms with Crippen LogP contribution in [0.4, 0.5) is 0 Å². The summed E-state index contributed by atoms with van der Waals surface area (Å²) in [7, 11) is 0. The Morgan fingerprint density at radius 2 is 2.00 bits per heavy atom. The van der Waals surface area contributed by atoms with Crippen molar-refractivity contribution in [3.05, 3.63) is 34.2 Å². The number of imidazole rings is 1. The summed E-state index contributed by atoms with van der Waals surface area (Å²) in [4.78, 5) is 32.8. The molecule has 1 atom stereocenters. The molecule has 2 heterocycles. The van der Waals surface area contributed by atoms with Crippen LogP contribution in [-0.4, -0.2) is 28.4 Å². The Hall–Kier alpha value is -2.12. The predicted octanol–water partition coefficient (Wildman–Crippen LogP) is 2.63. The fraction of sp³-hybridized carbons (Fsp3) is 0.556. The Morgan fingerprint density at radius 1 is 1.20 bits per heavy atom. The van der Waals surface area contributed by atoms with E-state index in [0.29, 0.717) is 17.7 Å².